The summed E-state index contributed by atoms with van der Waals surface area (Å²) in [5.74, 6) is 0.861. The van der Waals surface area contributed by atoms with E-state index in [2.05, 4.69) is 25.3 Å². The zero-order valence-electron chi connectivity index (χ0n) is 19.5. The molecule has 2 aromatic heterocycles. The highest BCUT2D eigenvalue weighted by Gasteiger charge is 2.25. The second kappa shape index (κ2) is 10.1. The van der Waals surface area contributed by atoms with Gasteiger partial charge in [0.05, 0.1) is 24.2 Å². The van der Waals surface area contributed by atoms with E-state index in [4.69, 9.17) is 4.74 Å². The van der Waals surface area contributed by atoms with Crippen molar-refractivity contribution in [3.63, 3.8) is 0 Å². The highest BCUT2D eigenvalue weighted by atomic mass is 19.3. The summed E-state index contributed by atoms with van der Waals surface area (Å²) in [6.07, 6.45) is -1.04. The van der Waals surface area contributed by atoms with E-state index >= 15 is 0 Å². The second-order valence-corrected chi connectivity index (χ2v) is 8.78. The number of piperidine rings is 1. The van der Waals surface area contributed by atoms with Crippen molar-refractivity contribution in [1.29, 1.82) is 0 Å². The lowest BCUT2D eigenvalue weighted by Crippen LogP contribution is -2.39. The van der Waals surface area contributed by atoms with Crippen molar-refractivity contribution in [2.24, 2.45) is 5.92 Å². The minimum atomic E-state index is -2.80. The van der Waals surface area contributed by atoms with Crippen LogP contribution in [0.2, 0.25) is 0 Å². The Labute approximate surface area is 201 Å². The van der Waals surface area contributed by atoms with Crippen molar-refractivity contribution in [3.8, 4) is 5.95 Å². The van der Waals surface area contributed by atoms with Crippen LogP contribution in [-0.4, -0.2) is 81.2 Å². The number of benzene rings is 1. The molecule has 10 nitrogen and oxygen atoms in total. The molecule has 2 aliphatic rings. The van der Waals surface area contributed by atoms with Gasteiger partial charge in [-0.05, 0) is 30.9 Å². The molecule has 0 bridgehead atoms. The molecule has 2 aliphatic heterocycles. The largest absolute Gasteiger partial charge is 0.378 e. The van der Waals surface area contributed by atoms with E-state index < -0.39 is 12.2 Å². The second-order valence-electron chi connectivity index (χ2n) is 8.78. The smallest absolute Gasteiger partial charge is 0.296 e. The Balaban J connectivity index is 1.47. The summed E-state index contributed by atoms with van der Waals surface area (Å²) in [6, 6.07) is 6.94. The number of para-hydroxylation sites is 2. The predicted molar refractivity (Wildman–Crippen MR) is 126 cm³/mol. The maximum absolute atomic E-state index is 14.0. The zero-order chi connectivity index (χ0) is 24.4. The molecular weight excluding hydrogens is 458 g/mol. The summed E-state index contributed by atoms with van der Waals surface area (Å²) < 4.78 is 34.7. The molecular formula is C23H28F2N8O2. The SMILES string of the molecule is CC(=O)N1CCC(CNc2nc(N3CCOCC3)nc(-n3c(C(F)F)nc4ccccc43)n2)CC1. The Bertz CT molecular complexity index is 1190. The Morgan fingerprint density at radius 1 is 1.06 bits per heavy atom. The Morgan fingerprint density at radius 2 is 1.77 bits per heavy atom. The number of imidazole rings is 1. The van der Waals surface area contributed by atoms with E-state index in [1.165, 1.54) is 4.57 Å². The minimum Gasteiger partial charge on any atom is -0.378 e. The van der Waals surface area contributed by atoms with Crippen LogP contribution in [0.4, 0.5) is 20.7 Å². The van der Waals surface area contributed by atoms with Gasteiger partial charge in [-0.3, -0.25) is 9.36 Å². The van der Waals surface area contributed by atoms with Crippen LogP contribution in [0.25, 0.3) is 17.0 Å². The summed E-state index contributed by atoms with van der Waals surface area (Å²) in [5.41, 5.74) is 0.951. The number of fused-ring (bicyclic) bond motifs is 1. The molecule has 4 heterocycles. The number of hydrogen-bond acceptors (Lipinski definition) is 8. The number of nitrogens with zero attached hydrogens (tertiary/aromatic N) is 7. The van der Waals surface area contributed by atoms with Crippen LogP contribution in [0.15, 0.2) is 24.3 Å². The number of carbonyl (C=O) groups excluding carboxylic acids is 1. The average Bonchev–Trinajstić information content (AvgIpc) is 3.28. The number of ether oxygens (including phenoxy) is 1. The Hall–Kier alpha value is -3.41. The lowest BCUT2D eigenvalue weighted by Gasteiger charge is -2.31. The fourth-order valence-corrected chi connectivity index (χ4v) is 4.53. The van der Waals surface area contributed by atoms with Crippen LogP contribution in [0.3, 0.4) is 0 Å². The molecule has 12 heteroatoms. The molecule has 0 spiro atoms. The number of nitrogens with one attached hydrogen (secondary N) is 1. The number of halogens is 2. The maximum atomic E-state index is 14.0. The van der Waals surface area contributed by atoms with Crippen molar-refractivity contribution < 1.29 is 18.3 Å². The van der Waals surface area contributed by atoms with Crippen LogP contribution in [-0.2, 0) is 9.53 Å². The van der Waals surface area contributed by atoms with Crippen molar-refractivity contribution in [3.05, 3.63) is 30.1 Å². The van der Waals surface area contributed by atoms with Crippen molar-refractivity contribution >= 4 is 28.8 Å². The highest BCUT2D eigenvalue weighted by molar-refractivity contribution is 5.77. The molecule has 35 heavy (non-hydrogen) atoms. The van der Waals surface area contributed by atoms with Gasteiger partial charge >= 0.3 is 0 Å². The number of likely N-dealkylation sites (tertiary alicyclic amines) is 1. The Kier molecular flexibility index (Phi) is 6.71. The zero-order valence-corrected chi connectivity index (χ0v) is 19.5. The molecule has 5 rings (SSSR count). The maximum Gasteiger partial charge on any atom is 0.296 e. The third-order valence-electron chi connectivity index (χ3n) is 6.50. The van der Waals surface area contributed by atoms with Gasteiger partial charge in [0, 0.05) is 39.6 Å². The summed E-state index contributed by atoms with van der Waals surface area (Å²) >= 11 is 0. The van der Waals surface area contributed by atoms with Gasteiger partial charge in [0.1, 0.15) is 0 Å². The van der Waals surface area contributed by atoms with Gasteiger partial charge in [0.25, 0.3) is 6.43 Å². The quantitative estimate of drug-likeness (QED) is 0.568. The third kappa shape index (κ3) is 5.02. The number of amides is 1. The van der Waals surface area contributed by atoms with Crippen LogP contribution < -0.4 is 10.2 Å². The van der Waals surface area contributed by atoms with E-state index in [0.29, 0.717) is 61.7 Å². The van der Waals surface area contributed by atoms with Gasteiger partial charge in [-0.1, -0.05) is 12.1 Å². The van der Waals surface area contributed by atoms with Crippen LogP contribution in [0, 0.1) is 5.92 Å². The molecule has 0 radical (unpaired) electrons. The minimum absolute atomic E-state index is 0.0936. The van der Waals surface area contributed by atoms with Gasteiger partial charge in [-0.25, -0.2) is 13.8 Å². The number of anilines is 2. The predicted octanol–water partition coefficient (Wildman–Crippen LogP) is 2.66. The third-order valence-corrected chi connectivity index (χ3v) is 6.50. The summed E-state index contributed by atoms with van der Waals surface area (Å²) in [7, 11) is 0. The molecule has 1 N–H and O–H groups in total. The first-order chi connectivity index (χ1) is 17.0. The molecule has 0 atom stereocenters. The van der Waals surface area contributed by atoms with E-state index in [0.717, 1.165) is 25.9 Å². The topological polar surface area (TPSA) is 101 Å². The summed E-state index contributed by atoms with van der Waals surface area (Å²) in [6.45, 7) is 5.92. The fourth-order valence-electron chi connectivity index (χ4n) is 4.53. The number of aromatic nitrogens is 5. The average molecular weight is 487 g/mol. The van der Waals surface area contributed by atoms with E-state index in [1.54, 1.807) is 31.2 Å². The van der Waals surface area contributed by atoms with E-state index in [9.17, 15) is 13.6 Å². The number of rotatable bonds is 6. The van der Waals surface area contributed by atoms with Gasteiger partial charge < -0.3 is 19.9 Å². The molecule has 1 aromatic carbocycles. The van der Waals surface area contributed by atoms with Crippen LogP contribution in [0.1, 0.15) is 32.0 Å². The van der Waals surface area contributed by atoms with Gasteiger partial charge in [-0.15, -0.1) is 0 Å². The first-order valence-electron chi connectivity index (χ1n) is 11.8. The van der Waals surface area contributed by atoms with Gasteiger partial charge in [0.2, 0.25) is 23.8 Å². The normalized spacial score (nSPS) is 17.4. The first kappa shape index (κ1) is 23.3. The first-order valence-corrected chi connectivity index (χ1v) is 11.8. The number of hydrogen-bond donors (Lipinski definition) is 1. The molecule has 2 fully saturated rings. The van der Waals surface area contributed by atoms with E-state index in [-0.39, 0.29) is 11.9 Å². The van der Waals surface area contributed by atoms with Gasteiger partial charge in [-0.2, -0.15) is 15.0 Å². The standard InChI is InChI=1S/C23H28F2N8O2/c1-15(34)31-8-6-16(7-9-31)14-26-21-28-22(32-10-12-35-13-11-32)30-23(29-21)33-18-5-3-2-4-17(18)27-20(33)19(24)25/h2-5,16,19H,6-14H2,1H3,(H,26,28,29,30). The lowest BCUT2D eigenvalue weighted by atomic mass is 9.97. The molecule has 2 saturated heterocycles. The molecule has 0 unspecified atom stereocenters. The van der Waals surface area contributed by atoms with Crippen molar-refractivity contribution in [2.75, 3.05) is 56.2 Å². The van der Waals surface area contributed by atoms with Gasteiger partial charge in [0.15, 0.2) is 5.82 Å². The summed E-state index contributed by atoms with van der Waals surface area (Å²) in [4.78, 5) is 33.2. The van der Waals surface area contributed by atoms with Crippen molar-refractivity contribution in [2.45, 2.75) is 26.2 Å². The molecule has 186 valence electrons. The molecule has 3 aromatic rings. The van der Waals surface area contributed by atoms with Crippen molar-refractivity contribution in [1.82, 2.24) is 29.4 Å². The molecule has 0 aliphatic carbocycles. The number of morpholine rings is 1. The summed E-state index contributed by atoms with van der Waals surface area (Å²) in [5, 5.41) is 3.29. The highest BCUT2D eigenvalue weighted by Crippen LogP contribution is 2.28. The number of carbonyl (C=O) groups is 1. The molecule has 0 saturated carbocycles. The monoisotopic (exact) mass is 486 g/mol. The molecule has 1 amide bonds. The fraction of sp³-hybridized carbons (Fsp3) is 0.522. The van der Waals surface area contributed by atoms with Crippen LogP contribution >= 0.6 is 0 Å². The van der Waals surface area contributed by atoms with Crippen LogP contribution in [0.5, 0.6) is 0 Å². The lowest BCUT2D eigenvalue weighted by molar-refractivity contribution is -0.130. The number of alkyl halides is 2. The van der Waals surface area contributed by atoms with E-state index in [1.807, 2.05) is 9.80 Å². The Morgan fingerprint density at radius 3 is 2.49 bits per heavy atom.